The number of carboxylic acids is 2. The number of benzene rings is 10. The summed E-state index contributed by atoms with van der Waals surface area (Å²) in [6.45, 7) is 5.59. The van der Waals surface area contributed by atoms with E-state index in [1.807, 2.05) is 0 Å². The van der Waals surface area contributed by atoms with Crippen molar-refractivity contribution in [3.05, 3.63) is 274 Å². The highest BCUT2D eigenvalue weighted by Crippen LogP contribution is 2.36. The second-order valence-corrected chi connectivity index (χ2v) is 32.5. The van der Waals surface area contributed by atoms with E-state index in [2.05, 4.69) is 63.8 Å². The number of aromatic hydroxyl groups is 14. The molecule has 30 N–H and O–H groups in total. The standard InChI is InChI=1S/C95H97N13O30/c1-43(2)73(99-90(132)78(50-27-59(113)37-60(114)28-50)101-84(126)72(96)46-10-18-55(109)19-11-46)85(127)106-81(53-33-65(119)40-66(120)34-53)93(135)103-77(49-16-24-58(112)25-17-49)89(131)108-82(54-35-67(121)41-68(122)36-54)94(136)104-76(48-14-22-57(111)23-15-48)88(130)107-79(51-29-61(115)38-62(116)30-51)91(133)100-74(44(3)4)86(128)105-80(52-31-63(117)39-64(118)32-52)92(134)102-75(47-12-20-56(110)21-13-47)87(129)97-69(26-45-8-6-5-7-9-45)83(125)98-70(95(137)138)42-71(123)124/h5-25,27-41,43-44,69-70,72-82,109-122H,26,42,96H2,1-4H3,(H,97,129)(H,98,125)(H,99,132)(H,100,133)(H,101,126)(H,102,134)(H,103,135)(H,104,136)(H,105,128)(H,106,127)(H,107,130)(H,108,131)(H,123,124)(H,137,138)/t69-,70-,72?,73-,74-,75?,76?,77?,78?,79?,80?,81?,82?/m0/s1. The van der Waals surface area contributed by atoms with Crippen molar-refractivity contribution in [2.24, 2.45) is 17.6 Å². The van der Waals surface area contributed by atoms with Gasteiger partial charge in [-0.3, -0.25) is 62.3 Å². The van der Waals surface area contributed by atoms with E-state index in [1.165, 1.54) is 64.1 Å². The lowest BCUT2D eigenvalue weighted by Crippen LogP contribution is -2.56. The summed E-state index contributed by atoms with van der Waals surface area (Å²) in [5.41, 5.74) is 4.00. The average molecular weight is 1900 g/mol. The van der Waals surface area contributed by atoms with Gasteiger partial charge in [-0.15, -0.1) is 0 Å². The summed E-state index contributed by atoms with van der Waals surface area (Å²) in [5, 5.41) is 199. The Morgan fingerprint density at radius 1 is 0.232 bits per heavy atom. The fraction of sp³-hybridized carbons (Fsp3) is 0.221. The van der Waals surface area contributed by atoms with Crippen molar-refractivity contribution >= 4 is 82.8 Å². The fourth-order valence-corrected chi connectivity index (χ4v) is 14.5. The van der Waals surface area contributed by atoms with E-state index in [4.69, 9.17) is 5.73 Å². The summed E-state index contributed by atoms with van der Waals surface area (Å²) >= 11 is 0. The van der Waals surface area contributed by atoms with E-state index >= 15 is 33.6 Å². The number of hydrogen-bond acceptors (Lipinski definition) is 29. The zero-order chi connectivity index (χ0) is 101. The lowest BCUT2D eigenvalue weighted by molar-refractivity contribution is -0.147. The maximum absolute atomic E-state index is 15.7. The van der Waals surface area contributed by atoms with Gasteiger partial charge in [-0.2, -0.15) is 0 Å². The molecule has 0 bridgehead atoms. The normalized spacial score (nSPS) is 13.9. The minimum absolute atomic E-state index is 0.144. The van der Waals surface area contributed by atoms with Gasteiger partial charge in [-0.25, -0.2) is 4.79 Å². The number of aliphatic carboxylic acids is 2. The topological polar surface area (TPSA) is 733 Å². The predicted molar refractivity (Wildman–Crippen MR) is 483 cm³/mol. The van der Waals surface area contributed by atoms with Crippen LogP contribution in [0.2, 0.25) is 0 Å². The molecule has 43 nitrogen and oxygen atoms in total. The van der Waals surface area contributed by atoms with E-state index in [1.54, 1.807) is 18.2 Å². The molecule has 0 aliphatic rings. The van der Waals surface area contributed by atoms with Crippen LogP contribution in [0.3, 0.4) is 0 Å². The molecule has 43 heteroatoms. The summed E-state index contributed by atoms with van der Waals surface area (Å²) in [5.74, 6) is -29.7. The smallest absolute Gasteiger partial charge is 0.326 e. The first-order valence-electron chi connectivity index (χ1n) is 41.9. The molecule has 138 heavy (non-hydrogen) atoms. The average Bonchev–Trinajstić information content (AvgIpc) is 0.810. The fourth-order valence-electron chi connectivity index (χ4n) is 14.5. The number of hydrogen-bond donors (Lipinski definition) is 29. The third kappa shape index (κ3) is 27.6. The van der Waals surface area contributed by atoms with E-state index in [9.17, 15) is 115 Å². The van der Waals surface area contributed by atoms with Crippen LogP contribution in [0, 0.1) is 11.8 Å². The van der Waals surface area contributed by atoms with Crippen LogP contribution >= 0.6 is 0 Å². The van der Waals surface area contributed by atoms with Gasteiger partial charge >= 0.3 is 11.9 Å². The third-order valence-electron chi connectivity index (χ3n) is 21.3. The SMILES string of the molecule is CC(C)[C@H](NC(=O)C(NC(=O)C(N)c1ccc(O)cc1)c1cc(O)cc(O)c1)C(=O)NC(C(=O)NC(C(=O)NC(C(=O)NC(C(=O)NC(C(=O)N[C@H](C(=O)NC(C(=O)NC(C(=O)N[C@@H](Cc1ccccc1)C(=O)N[C@@H](CC(=O)O)C(=O)O)c1ccc(O)cc1)c1cc(O)cc(O)c1)C(C)C)c1cc(O)cc(O)c1)c1ccc(O)cc1)c1cc(O)cc(O)c1)c1ccc(O)cc1)c1cc(O)cc(O)c1. The number of carboxylic acid groups (broad SMARTS) is 2. The van der Waals surface area contributed by atoms with Crippen molar-refractivity contribution in [1.82, 2.24) is 63.8 Å². The molecule has 12 amide bonds. The Bertz CT molecular complexity index is 6110. The Morgan fingerprint density at radius 3 is 0.696 bits per heavy atom. The van der Waals surface area contributed by atoms with E-state index in [-0.39, 0.29) is 45.7 Å². The molecule has 0 aliphatic heterocycles. The number of phenols is 14. The first kappa shape index (κ1) is 102. The Labute approximate surface area is 783 Å². The molecule has 0 saturated heterocycles. The van der Waals surface area contributed by atoms with Gasteiger partial charge in [-0.05, 0) is 177 Å². The van der Waals surface area contributed by atoms with Gasteiger partial charge in [0.05, 0.1) is 6.42 Å². The third-order valence-corrected chi connectivity index (χ3v) is 21.3. The number of carbonyl (C=O) groups is 14. The highest BCUT2D eigenvalue weighted by molar-refractivity contribution is 6.02. The van der Waals surface area contributed by atoms with E-state index in [0.29, 0.717) is 5.56 Å². The predicted octanol–water partition coefficient (Wildman–Crippen LogP) is 3.48. The molecule has 0 saturated carbocycles. The molecule has 0 heterocycles. The van der Waals surface area contributed by atoms with Crippen molar-refractivity contribution in [2.45, 2.75) is 119 Å². The van der Waals surface area contributed by atoms with Crippen molar-refractivity contribution < 1.29 is 149 Å². The van der Waals surface area contributed by atoms with Crippen LogP contribution in [-0.4, -0.2) is 189 Å². The number of nitrogens with one attached hydrogen (secondary N) is 12. The molecule has 0 aromatic heterocycles. The Kier molecular flexibility index (Phi) is 33.6. The summed E-state index contributed by atoms with van der Waals surface area (Å²) in [6, 6.07) is 13.0. The van der Waals surface area contributed by atoms with E-state index in [0.717, 1.165) is 164 Å². The summed E-state index contributed by atoms with van der Waals surface area (Å²) in [6.07, 6.45) is -1.49. The lowest BCUT2D eigenvalue weighted by atomic mass is 9.97. The highest BCUT2D eigenvalue weighted by Gasteiger charge is 2.42. The number of rotatable bonds is 40. The Balaban J connectivity index is 0.957. The van der Waals surface area contributed by atoms with Crippen LogP contribution in [0.5, 0.6) is 80.5 Å². The molecule has 0 radical (unpaired) electrons. The molecule has 13 atom stereocenters. The maximum atomic E-state index is 15.7. The van der Waals surface area contributed by atoms with Gasteiger partial charge in [-0.1, -0.05) is 107 Å². The van der Waals surface area contributed by atoms with Crippen LogP contribution in [0.25, 0.3) is 0 Å². The van der Waals surface area contributed by atoms with Gasteiger partial charge < -0.3 is 151 Å². The molecule has 0 aliphatic carbocycles. The summed E-state index contributed by atoms with van der Waals surface area (Å²) in [4.78, 5) is 204. The van der Waals surface area contributed by atoms with Crippen molar-refractivity contribution in [2.75, 3.05) is 0 Å². The second kappa shape index (κ2) is 45.4. The van der Waals surface area contributed by atoms with Crippen LogP contribution in [-0.2, 0) is 73.5 Å². The van der Waals surface area contributed by atoms with Crippen molar-refractivity contribution in [1.29, 1.82) is 0 Å². The molecule has 722 valence electrons. The number of phenolic OH excluding ortho intramolecular Hbond substituents is 14. The van der Waals surface area contributed by atoms with Crippen molar-refractivity contribution in [3.8, 4) is 80.5 Å². The minimum Gasteiger partial charge on any atom is -0.508 e. The lowest BCUT2D eigenvalue weighted by Gasteiger charge is -2.30. The Morgan fingerprint density at radius 2 is 0.449 bits per heavy atom. The summed E-state index contributed by atoms with van der Waals surface area (Å²) < 4.78 is 0. The summed E-state index contributed by atoms with van der Waals surface area (Å²) in [7, 11) is 0. The zero-order valence-electron chi connectivity index (χ0n) is 73.3. The van der Waals surface area contributed by atoms with Gasteiger partial charge in [0.15, 0.2) is 0 Å². The maximum Gasteiger partial charge on any atom is 0.326 e. The first-order valence-corrected chi connectivity index (χ1v) is 41.9. The molecular formula is C95H97N13O30. The molecule has 0 fully saturated rings. The molecule has 0 spiro atoms. The monoisotopic (exact) mass is 1900 g/mol. The van der Waals surface area contributed by atoms with Crippen molar-refractivity contribution in [3.63, 3.8) is 0 Å². The molecular weight excluding hydrogens is 1800 g/mol. The quantitative estimate of drug-likeness (QED) is 0.0261. The van der Waals surface area contributed by atoms with Crippen LogP contribution < -0.4 is 69.5 Å². The van der Waals surface area contributed by atoms with Gasteiger partial charge in [0.2, 0.25) is 70.9 Å². The number of nitrogens with two attached hydrogens (primary N) is 1. The first-order chi connectivity index (χ1) is 65.2. The van der Waals surface area contributed by atoms with Crippen LogP contribution in [0.4, 0.5) is 0 Å². The number of carbonyl (C=O) groups excluding carboxylic acids is 12. The van der Waals surface area contributed by atoms with Gasteiger partial charge in [0.1, 0.15) is 159 Å². The van der Waals surface area contributed by atoms with Crippen LogP contribution in [0.15, 0.2) is 218 Å². The number of amides is 12. The molecule has 10 aromatic carbocycles. The molecule has 10 aromatic rings. The van der Waals surface area contributed by atoms with E-state index < -0.39 is 271 Å². The highest BCUT2D eigenvalue weighted by atomic mass is 16.4. The van der Waals surface area contributed by atoms with Gasteiger partial charge in [0, 0.05) is 36.8 Å². The minimum atomic E-state index is -2.31. The largest absolute Gasteiger partial charge is 0.508 e. The van der Waals surface area contributed by atoms with Gasteiger partial charge in [0.25, 0.3) is 0 Å². The Hall–Kier alpha value is -18.1. The zero-order valence-corrected chi connectivity index (χ0v) is 73.3. The molecule has 9 unspecified atom stereocenters. The van der Waals surface area contributed by atoms with Crippen LogP contribution in [0.1, 0.15) is 144 Å². The molecule has 10 rings (SSSR count). The second-order valence-electron chi connectivity index (χ2n) is 32.5.